The van der Waals surface area contributed by atoms with Crippen LogP contribution in [-0.4, -0.2) is 34.8 Å². The zero-order valence-electron chi connectivity index (χ0n) is 10.7. The SMILES string of the molecule is CC1CN(C(=O)CC(C)(C)C)CCC1=NO. The highest BCUT2D eigenvalue weighted by atomic mass is 16.4. The van der Waals surface area contributed by atoms with E-state index in [1.165, 1.54) is 0 Å². The van der Waals surface area contributed by atoms with Gasteiger partial charge in [-0.3, -0.25) is 4.79 Å². The molecule has 92 valence electrons. The van der Waals surface area contributed by atoms with Gasteiger partial charge in [0.1, 0.15) is 0 Å². The van der Waals surface area contributed by atoms with Crippen LogP contribution in [0.25, 0.3) is 0 Å². The fourth-order valence-electron chi connectivity index (χ4n) is 1.96. The quantitative estimate of drug-likeness (QED) is 0.550. The van der Waals surface area contributed by atoms with E-state index in [2.05, 4.69) is 25.9 Å². The smallest absolute Gasteiger partial charge is 0.223 e. The van der Waals surface area contributed by atoms with Gasteiger partial charge in [0.2, 0.25) is 5.91 Å². The zero-order valence-corrected chi connectivity index (χ0v) is 10.7. The molecule has 1 unspecified atom stereocenters. The largest absolute Gasteiger partial charge is 0.411 e. The van der Waals surface area contributed by atoms with Gasteiger partial charge < -0.3 is 10.1 Å². The maximum absolute atomic E-state index is 12.0. The molecule has 4 heteroatoms. The summed E-state index contributed by atoms with van der Waals surface area (Å²) in [6, 6.07) is 0. The Morgan fingerprint density at radius 2 is 2.19 bits per heavy atom. The van der Waals surface area contributed by atoms with Gasteiger partial charge in [-0.1, -0.05) is 32.9 Å². The molecule has 4 nitrogen and oxygen atoms in total. The molecule has 1 aliphatic heterocycles. The Kier molecular flexibility index (Phi) is 3.94. The number of hydrogen-bond donors (Lipinski definition) is 1. The predicted octanol–water partition coefficient (Wildman–Crippen LogP) is 2.12. The molecule has 16 heavy (non-hydrogen) atoms. The average molecular weight is 226 g/mol. The van der Waals surface area contributed by atoms with Crippen LogP contribution in [0.15, 0.2) is 5.16 Å². The Bertz CT molecular complexity index is 292. The van der Waals surface area contributed by atoms with Crippen molar-refractivity contribution >= 4 is 11.6 Å². The number of hydrogen-bond acceptors (Lipinski definition) is 3. The number of rotatable bonds is 1. The maximum atomic E-state index is 12.0. The number of likely N-dealkylation sites (tertiary alicyclic amines) is 1. The van der Waals surface area contributed by atoms with Gasteiger partial charge in [-0.25, -0.2) is 0 Å². The first kappa shape index (κ1) is 13.0. The normalized spacial score (nSPS) is 24.9. The van der Waals surface area contributed by atoms with Crippen molar-refractivity contribution in [2.45, 2.75) is 40.5 Å². The van der Waals surface area contributed by atoms with E-state index < -0.39 is 0 Å². The first-order valence-electron chi connectivity index (χ1n) is 5.82. The van der Waals surface area contributed by atoms with Crippen molar-refractivity contribution in [1.29, 1.82) is 0 Å². The molecule has 1 atom stereocenters. The number of piperidine rings is 1. The summed E-state index contributed by atoms with van der Waals surface area (Å²) >= 11 is 0. The first-order valence-corrected chi connectivity index (χ1v) is 5.82. The van der Waals surface area contributed by atoms with Crippen LogP contribution in [0.2, 0.25) is 0 Å². The highest BCUT2D eigenvalue weighted by Crippen LogP contribution is 2.22. The molecule has 0 aromatic carbocycles. The Labute approximate surface area is 97.3 Å². The van der Waals surface area contributed by atoms with Crippen LogP contribution in [0.5, 0.6) is 0 Å². The predicted molar refractivity (Wildman–Crippen MR) is 63.7 cm³/mol. The third-order valence-electron chi connectivity index (χ3n) is 2.86. The second-order valence-corrected chi connectivity index (χ2v) is 5.82. The van der Waals surface area contributed by atoms with Gasteiger partial charge in [0.05, 0.1) is 5.71 Å². The van der Waals surface area contributed by atoms with Crippen LogP contribution in [0.4, 0.5) is 0 Å². The van der Waals surface area contributed by atoms with Crippen LogP contribution in [0, 0.1) is 11.3 Å². The minimum Gasteiger partial charge on any atom is -0.411 e. The van der Waals surface area contributed by atoms with Crippen LogP contribution in [0.1, 0.15) is 40.5 Å². The van der Waals surface area contributed by atoms with Crippen molar-refractivity contribution in [2.24, 2.45) is 16.5 Å². The summed E-state index contributed by atoms with van der Waals surface area (Å²) in [5, 5.41) is 12.0. The van der Waals surface area contributed by atoms with Gasteiger partial charge >= 0.3 is 0 Å². The van der Waals surface area contributed by atoms with Crippen molar-refractivity contribution in [3.05, 3.63) is 0 Å². The lowest BCUT2D eigenvalue weighted by Gasteiger charge is -2.33. The Morgan fingerprint density at radius 1 is 1.56 bits per heavy atom. The summed E-state index contributed by atoms with van der Waals surface area (Å²) in [5.41, 5.74) is 0.839. The molecule has 1 saturated heterocycles. The lowest BCUT2D eigenvalue weighted by atomic mass is 9.90. The van der Waals surface area contributed by atoms with E-state index in [1.54, 1.807) is 0 Å². The summed E-state index contributed by atoms with van der Waals surface area (Å²) < 4.78 is 0. The summed E-state index contributed by atoms with van der Waals surface area (Å²) in [7, 11) is 0. The van der Waals surface area contributed by atoms with Gasteiger partial charge in [0, 0.05) is 31.8 Å². The van der Waals surface area contributed by atoms with Crippen LogP contribution in [0.3, 0.4) is 0 Å². The Balaban J connectivity index is 2.55. The molecular formula is C12H22N2O2. The fourth-order valence-corrected chi connectivity index (χ4v) is 1.96. The molecule has 1 heterocycles. The summed E-state index contributed by atoms with van der Waals surface area (Å²) in [6.07, 6.45) is 1.26. The number of carbonyl (C=O) groups is 1. The maximum Gasteiger partial charge on any atom is 0.223 e. The third-order valence-corrected chi connectivity index (χ3v) is 2.86. The minimum atomic E-state index is 0.0334. The Hall–Kier alpha value is -1.06. The summed E-state index contributed by atoms with van der Waals surface area (Å²) in [6.45, 7) is 9.55. The third kappa shape index (κ3) is 3.51. The van der Waals surface area contributed by atoms with Gasteiger partial charge in [0.15, 0.2) is 0 Å². The van der Waals surface area contributed by atoms with Crippen molar-refractivity contribution in [2.75, 3.05) is 13.1 Å². The highest BCUT2D eigenvalue weighted by Gasteiger charge is 2.27. The first-order chi connectivity index (χ1) is 7.33. The topological polar surface area (TPSA) is 52.9 Å². The molecule has 1 N–H and O–H groups in total. The van der Waals surface area contributed by atoms with E-state index in [1.807, 2.05) is 11.8 Å². The van der Waals surface area contributed by atoms with E-state index in [0.29, 0.717) is 25.9 Å². The van der Waals surface area contributed by atoms with Gasteiger partial charge in [-0.2, -0.15) is 0 Å². The average Bonchev–Trinajstić information content (AvgIpc) is 2.15. The fraction of sp³-hybridized carbons (Fsp3) is 0.833. The lowest BCUT2D eigenvalue weighted by molar-refractivity contribution is -0.133. The van der Waals surface area contributed by atoms with E-state index in [9.17, 15) is 4.79 Å². The number of amides is 1. The van der Waals surface area contributed by atoms with Gasteiger partial charge in [0.25, 0.3) is 0 Å². The van der Waals surface area contributed by atoms with Crippen molar-refractivity contribution in [1.82, 2.24) is 4.90 Å². The van der Waals surface area contributed by atoms with Crippen LogP contribution in [-0.2, 0) is 4.79 Å². The monoisotopic (exact) mass is 226 g/mol. The van der Waals surface area contributed by atoms with Crippen molar-refractivity contribution in [3.8, 4) is 0 Å². The second-order valence-electron chi connectivity index (χ2n) is 5.82. The second kappa shape index (κ2) is 4.85. The molecule has 1 amide bonds. The zero-order chi connectivity index (χ0) is 12.3. The summed E-state index contributed by atoms with van der Waals surface area (Å²) in [4.78, 5) is 13.9. The van der Waals surface area contributed by atoms with Crippen LogP contribution < -0.4 is 0 Å². The van der Waals surface area contributed by atoms with E-state index in [-0.39, 0.29) is 17.2 Å². The molecule has 0 saturated carbocycles. The standard InChI is InChI=1S/C12H22N2O2/c1-9-8-14(6-5-10(9)13-16)11(15)7-12(2,3)4/h9,16H,5-8H2,1-4H3. The van der Waals surface area contributed by atoms with Crippen molar-refractivity contribution in [3.63, 3.8) is 0 Å². The minimum absolute atomic E-state index is 0.0334. The molecule has 0 radical (unpaired) electrons. The Morgan fingerprint density at radius 3 is 2.62 bits per heavy atom. The molecule has 0 bridgehead atoms. The number of nitrogens with zero attached hydrogens (tertiary/aromatic N) is 2. The molecule has 0 spiro atoms. The van der Waals surface area contributed by atoms with E-state index in [4.69, 9.17) is 5.21 Å². The van der Waals surface area contributed by atoms with Gasteiger partial charge in [-0.15, -0.1) is 0 Å². The van der Waals surface area contributed by atoms with E-state index in [0.717, 1.165) is 5.71 Å². The molecular weight excluding hydrogens is 204 g/mol. The molecule has 1 aliphatic rings. The number of carbonyl (C=O) groups excluding carboxylic acids is 1. The van der Waals surface area contributed by atoms with Crippen LogP contribution >= 0.6 is 0 Å². The van der Waals surface area contributed by atoms with Gasteiger partial charge in [-0.05, 0) is 5.41 Å². The lowest BCUT2D eigenvalue weighted by Crippen LogP contribution is -2.44. The van der Waals surface area contributed by atoms with E-state index >= 15 is 0 Å². The molecule has 0 aliphatic carbocycles. The molecule has 0 aromatic heterocycles. The number of oxime groups is 1. The summed E-state index contributed by atoms with van der Waals surface area (Å²) in [5.74, 6) is 0.374. The molecule has 0 aromatic rings. The molecule has 1 rings (SSSR count). The molecule has 1 fully saturated rings. The highest BCUT2D eigenvalue weighted by molar-refractivity contribution is 5.89. The van der Waals surface area contributed by atoms with Crippen molar-refractivity contribution < 1.29 is 10.0 Å².